The highest BCUT2D eigenvalue weighted by molar-refractivity contribution is 6.30. The molecule has 1 heterocycles. The Morgan fingerprint density at radius 2 is 1.75 bits per heavy atom. The number of aromatic nitrogens is 1. The van der Waals surface area contributed by atoms with Crippen LogP contribution in [0.1, 0.15) is 11.1 Å². The first-order chi connectivity index (χ1) is 7.63. The average molecular weight is 234 g/mol. The van der Waals surface area contributed by atoms with Crippen LogP contribution >= 0.6 is 11.6 Å². The fraction of sp³-hybridized carbons (Fsp3) is 0.154. The predicted octanol–water partition coefficient (Wildman–Crippen LogP) is 4.14. The molecule has 0 spiro atoms. The maximum atomic E-state index is 5.85. The SMILES string of the molecule is Cc1cc(C)cc(Oc2cc(Cl)ccn2)c1. The summed E-state index contributed by atoms with van der Waals surface area (Å²) in [6, 6.07) is 9.44. The third kappa shape index (κ3) is 2.74. The molecule has 1 aromatic carbocycles. The minimum atomic E-state index is 0.512. The Balaban J connectivity index is 2.27. The molecule has 2 aromatic rings. The molecule has 0 saturated heterocycles. The van der Waals surface area contributed by atoms with Crippen molar-refractivity contribution >= 4 is 11.6 Å². The summed E-state index contributed by atoms with van der Waals surface area (Å²) in [7, 11) is 0. The van der Waals surface area contributed by atoms with Crippen LogP contribution in [-0.2, 0) is 0 Å². The second kappa shape index (κ2) is 4.54. The van der Waals surface area contributed by atoms with Crippen LogP contribution in [0.3, 0.4) is 0 Å². The Labute approximate surface area is 99.9 Å². The molecular weight excluding hydrogens is 222 g/mol. The second-order valence-electron chi connectivity index (χ2n) is 3.74. The monoisotopic (exact) mass is 233 g/mol. The molecular formula is C13H12ClNO. The summed E-state index contributed by atoms with van der Waals surface area (Å²) in [6.45, 7) is 4.07. The van der Waals surface area contributed by atoms with Crippen LogP contribution in [0.2, 0.25) is 5.02 Å². The quantitative estimate of drug-likeness (QED) is 0.778. The molecule has 3 heteroatoms. The minimum Gasteiger partial charge on any atom is -0.439 e. The fourth-order valence-corrected chi connectivity index (χ4v) is 1.70. The summed E-state index contributed by atoms with van der Waals surface area (Å²) in [4.78, 5) is 4.09. The van der Waals surface area contributed by atoms with Gasteiger partial charge in [-0.3, -0.25) is 0 Å². The van der Waals surface area contributed by atoms with E-state index >= 15 is 0 Å². The fourth-order valence-electron chi connectivity index (χ4n) is 1.55. The van der Waals surface area contributed by atoms with Gasteiger partial charge in [-0.1, -0.05) is 17.7 Å². The van der Waals surface area contributed by atoms with Gasteiger partial charge < -0.3 is 4.74 Å². The summed E-state index contributed by atoms with van der Waals surface area (Å²) >= 11 is 5.85. The molecule has 0 bridgehead atoms. The highest BCUT2D eigenvalue weighted by atomic mass is 35.5. The van der Waals surface area contributed by atoms with Crippen molar-refractivity contribution in [3.8, 4) is 11.6 Å². The lowest BCUT2D eigenvalue weighted by atomic mass is 10.1. The van der Waals surface area contributed by atoms with Crippen LogP contribution in [0.15, 0.2) is 36.5 Å². The van der Waals surface area contributed by atoms with Gasteiger partial charge >= 0.3 is 0 Å². The average Bonchev–Trinajstić information content (AvgIpc) is 2.15. The van der Waals surface area contributed by atoms with Crippen molar-refractivity contribution in [2.75, 3.05) is 0 Å². The van der Waals surface area contributed by atoms with Crippen LogP contribution in [0.4, 0.5) is 0 Å². The lowest BCUT2D eigenvalue weighted by molar-refractivity contribution is 0.462. The number of rotatable bonds is 2. The van der Waals surface area contributed by atoms with Crippen LogP contribution in [-0.4, -0.2) is 4.98 Å². The Kier molecular flexibility index (Phi) is 3.11. The molecule has 0 aliphatic heterocycles. The maximum absolute atomic E-state index is 5.85. The minimum absolute atomic E-state index is 0.512. The highest BCUT2D eigenvalue weighted by Gasteiger charge is 2.00. The zero-order valence-electron chi connectivity index (χ0n) is 9.20. The van der Waals surface area contributed by atoms with E-state index in [0.717, 1.165) is 16.9 Å². The van der Waals surface area contributed by atoms with E-state index in [1.165, 1.54) is 0 Å². The Morgan fingerprint density at radius 3 is 2.38 bits per heavy atom. The molecule has 16 heavy (non-hydrogen) atoms. The molecule has 2 nitrogen and oxygen atoms in total. The topological polar surface area (TPSA) is 22.1 Å². The highest BCUT2D eigenvalue weighted by Crippen LogP contribution is 2.23. The number of benzene rings is 1. The first-order valence-electron chi connectivity index (χ1n) is 5.01. The molecule has 0 saturated carbocycles. The zero-order chi connectivity index (χ0) is 11.5. The number of halogens is 1. The van der Waals surface area contributed by atoms with Gasteiger partial charge in [0, 0.05) is 17.3 Å². The Bertz CT molecular complexity index is 491. The number of aryl methyl sites for hydroxylation is 2. The van der Waals surface area contributed by atoms with Gasteiger partial charge in [0.15, 0.2) is 0 Å². The van der Waals surface area contributed by atoms with E-state index in [0.29, 0.717) is 10.9 Å². The maximum Gasteiger partial charge on any atom is 0.220 e. The van der Waals surface area contributed by atoms with Gasteiger partial charge in [-0.25, -0.2) is 4.98 Å². The summed E-state index contributed by atoms with van der Waals surface area (Å²) in [5, 5.41) is 0.620. The van der Waals surface area contributed by atoms with E-state index in [9.17, 15) is 0 Å². The van der Waals surface area contributed by atoms with Crippen molar-refractivity contribution in [1.82, 2.24) is 4.98 Å². The van der Waals surface area contributed by atoms with E-state index in [-0.39, 0.29) is 0 Å². The van der Waals surface area contributed by atoms with Gasteiger partial charge in [0.05, 0.1) is 0 Å². The van der Waals surface area contributed by atoms with Crippen molar-refractivity contribution < 1.29 is 4.74 Å². The molecule has 0 fully saturated rings. The van der Waals surface area contributed by atoms with Gasteiger partial charge in [-0.2, -0.15) is 0 Å². The molecule has 2 rings (SSSR count). The molecule has 1 aromatic heterocycles. The van der Waals surface area contributed by atoms with E-state index < -0.39 is 0 Å². The van der Waals surface area contributed by atoms with Crippen molar-refractivity contribution in [2.45, 2.75) is 13.8 Å². The van der Waals surface area contributed by atoms with Gasteiger partial charge in [0.1, 0.15) is 5.75 Å². The van der Waals surface area contributed by atoms with Gasteiger partial charge in [0.25, 0.3) is 0 Å². The number of hydrogen-bond donors (Lipinski definition) is 0. The summed E-state index contributed by atoms with van der Waals surface area (Å²) in [5.74, 6) is 1.30. The smallest absolute Gasteiger partial charge is 0.220 e. The van der Waals surface area contributed by atoms with Crippen LogP contribution in [0.25, 0.3) is 0 Å². The predicted molar refractivity (Wildman–Crippen MR) is 65.2 cm³/mol. The first-order valence-corrected chi connectivity index (χ1v) is 5.39. The van der Waals surface area contributed by atoms with E-state index in [4.69, 9.17) is 16.3 Å². The Morgan fingerprint density at radius 1 is 1.06 bits per heavy atom. The van der Waals surface area contributed by atoms with Crippen molar-refractivity contribution in [2.24, 2.45) is 0 Å². The van der Waals surface area contributed by atoms with Crippen molar-refractivity contribution in [1.29, 1.82) is 0 Å². The number of hydrogen-bond acceptors (Lipinski definition) is 2. The Hall–Kier alpha value is -1.54. The molecule has 0 atom stereocenters. The molecule has 82 valence electrons. The normalized spacial score (nSPS) is 10.2. The first kappa shape index (κ1) is 11.0. The second-order valence-corrected chi connectivity index (χ2v) is 4.17. The third-order valence-corrected chi connectivity index (χ3v) is 2.35. The molecule has 0 radical (unpaired) electrons. The van der Waals surface area contributed by atoms with E-state index in [2.05, 4.69) is 11.1 Å². The van der Waals surface area contributed by atoms with Crippen LogP contribution in [0.5, 0.6) is 11.6 Å². The largest absolute Gasteiger partial charge is 0.439 e. The lowest BCUT2D eigenvalue weighted by Crippen LogP contribution is -1.88. The van der Waals surface area contributed by atoms with Crippen LogP contribution in [0, 0.1) is 13.8 Å². The van der Waals surface area contributed by atoms with Gasteiger partial charge in [-0.05, 0) is 43.2 Å². The molecule has 0 aliphatic rings. The van der Waals surface area contributed by atoms with Crippen LogP contribution < -0.4 is 4.74 Å². The number of pyridine rings is 1. The third-order valence-electron chi connectivity index (χ3n) is 2.11. The zero-order valence-corrected chi connectivity index (χ0v) is 9.95. The molecule has 0 unspecified atom stereocenters. The molecule has 0 N–H and O–H groups in total. The summed E-state index contributed by atoms with van der Waals surface area (Å²) in [6.07, 6.45) is 1.63. The lowest BCUT2D eigenvalue weighted by Gasteiger charge is -2.06. The van der Waals surface area contributed by atoms with Crippen molar-refractivity contribution in [3.63, 3.8) is 0 Å². The molecule has 0 aliphatic carbocycles. The summed E-state index contributed by atoms with van der Waals surface area (Å²) < 4.78 is 5.63. The van der Waals surface area contributed by atoms with Gasteiger partial charge in [0.2, 0.25) is 5.88 Å². The standard InChI is InChI=1S/C13H12ClNO/c1-9-5-10(2)7-12(6-9)16-13-8-11(14)3-4-15-13/h3-8H,1-2H3. The summed E-state index contributed by atoms with van der Waals surface area (Å²) in [5.41, 5.74) is 2.33. The number of nitrogens with zero attached hydrogens (tertiary/aromatic N) is 1. The van der Waals surface area contributed by atoms with Gasteiger partial charge in [-0.15, -0.1) is 0 Å². The van der Waals surface area contributed by atoms with E-state index in [1.807, 2.05) is 26.0 Å². The van der Waals surface area contributed by atoms with E-state index in [1.54, 1.807) is 18.3 Å². The number of ether oxygens (including phenoxy) is 1. The van der Waals surface area contributed by atoms with Crippen molar-refractivity contribution in [3.05, 3.63) is 52.7 Å². The molecule has 0 amide bonds.